The predicted molar refractivity (Wildman–Crippen MR) is 45.0 cm³/mol. The number of ether oxygens (including phenoxy) is 2. The van der Waals surface area contributed by atoms with E-state index in [9.17, 15) is 17.6 Å². The molecule has 0 aliphatic rings. The van der Waals surface area contributed by atoms with Crippen molar-refractivity contribution in [3.63, 3.8) is 0 Å². The van der Waals surface area contributed by atoms with Crippen molar-refractivity contribution < 1.29 is 27.0 Å². The summed E-state index contributed by atoms with van der Waals surface area (Å²) in [6, 6.07) is 1.84. The van der Waals surface area contributed by atoms with Gasteiger partial charge in [0.1, 0.15) is 7.85 Å². The predicted octanol–water partition coefficient (Wildman–Crippen LogP) is 1.53. The van der Waals surface area contributed by atoms with Crippen LogP contribution >= 0.6 is 0 Å². The summed E-state index contributed by atoms with van der Waals surface area (Å²) in [5, 5.41) is 0. The number of benzene rings is 1. The van der Waals surface area contributed by atoms with Crippen LogP contribution in [-0.4, -0.2) is 21.3 Å². The third-order valence-electron chi connectivity index (χ3n) is 1.52. The molecule has 0 atom stereocenters. The Morgan fingerprint density at radius 3 is 2.33 bits per heavy atom. The first-order valence-corrected chi connectivity index (χ1v) is 3.73. The smallest absolute Gasteiger partial charge is 0.494 e. The standard InChI is InChI=1S/C8H5BF4O2/c1-14-7-4(9)2-3-5(6(7)10)15-8(11,12)13/h2-3H,1H3. The fraction of sp³-hybridized carbons (Fsp3) is 0.250. The molecule has 0 saturated carbocycles. The summed E-state index contributed by atoms with van der Waals surface area (Å²) in [6.07, 6.45) is -4.96. The van der Waals surface area contributed by atoms with Crippen molar-refractivity contribution in [2.75, 3.05) is 7.11 Å². The number of rotatable bonds is 2. The van der Waals surface area contributed by atoms with Gasteiger partial charge in [-0.25, -0.2) is 0 Å². The zero-order chi connectivity index (χ0) is 11.6. The van der Waals surface area contributed by atoms with Crippen molar-refractivity contribution in [1.82, 2.24) is 0 Å². The SMILES string of the molecule is [B]c1ccc(OC(F)(F)F)c(F)c1OC. The topological polar surface area (TPSA) is 18.5 Å². The highest BCUT2D eigenvalue weighted by molar-refractivity contribution is 6.34. The number of methoxy groups -OCH3 is 1. The van der Waals surface area contributed by atoms with Crippen molar-refractivity contribution in [2.24, 2.45) is 0 Å². The molecule has 2 radical (unpaired) electrons. The van der Waals surface area contributed by atoms with Crippen LogP contribution in [0.1, 0.15) is 0 Å². The lowest BCUT2D eigenvalue weighted by Crippen LogP contribution is -2.19. The zero-order valence-corrected chi connectivity index (χ0v) is 7.56. The van der Waals surface area contributed by atoms with E-state index in [2.05, 4.69) is 9.47 Å². The number of alkyl halides is 3. The van der Waals surface area contributed by atoms with Crippen LogP contribution in [0.2, 0.25) is 0 Å². The maximum absolute atomic E-state index is 13.2. The third-order valence-corrected chi connectivity index (χ3v) is 1.52. The van der Waals surface area contributed by atoms with Gasteiger partial charge in [-0.3, -0.25) is 0 Å². The van der Waals surface area contributed by atoms with Gasteiger partial charge >= 0.3 is 6.36 Å². The van der Waals surface area contributed by atoms with E-state index in [-0.39, 0.29) is 5.46 Å². The first kappa shape index (κ1) is 11.7. The lowest BCUT2D eigenvalue weighted by Gasteiger charge is -2.12. The summed E-state index contributed by atoms with van der Waals surface area (Å²) >= 11 is 0. The first-order chi connectivity index (χ1) is 6.85. The van der Waals surface area contributed by atoms with Crippen molar-refractivity contribution in [2.45, 2.75) is 6.36 Å². The molecule has 7 heteroatoms. The average Bonchev–Trinajstić information content (AvgIpc) is 2.09. The van der Waals surface area contributed by atoms with E-state index in [1.165, 1.54) is 0 Å². The van der Waals surface area contributed by atoms with Gasteiger partial charge in [-0.2, -0.15) is 4.39 Å². The van der Waals surface area contributed by atoms with Crippen LogP contribution in [0.25, 0.3) is 0 Å². The Hall–Kier alpha value is -1.40. The van der Waals surface area contributed by atoms with Crippen LogP contribution in [0.5, 0.6) is 11.5 Å². The van der Waals surface area contributed by atoms with Crippen LogP contribution in [0, 0.1) is 5.82 Å². The summed E-state index contributed by atoms with van der Waals surface area (Å²) in [5.41, 5.74) is -0.107. The summed E-state index contributed by atoms with van der Waals surface area (Å²) in [6.45, 7) is 0. The molecule has 0 aliphatic carbocycles. The highest BCUT2D eigenvalue weighted by Gasteiger charge is 2.33. The molecule has 0 saturated heterocycles. The van der Waals surface area contributed by atoms with Gasteiger partial charge in [0.25, 0.3) is 0 Å². The summed E-state index contributed by atoms with van der Waals surface area (Å²) in [5.74, 6) is -2.74. The second-order valence-electron chi connectivity index (χ2n) is 2.55. The van der Waals surface area contributed by atoms with Crippen LogP contribution in [-0.2, 0) is 0 Å². The Morgan fingerprint density at radius 1 is 1.27 bits per heavy atom. The third kappa shape index (κ3) is 2.77. The largest absolute Gasteiger partial charge is 0.573 e. The molecule has 0 aliphatic heterocycles. The first-order valence-electron chi connectivity index (χ1n) is 3.73. The minimum Gasteiger partial charge on any atom is -0.494 e. The van der Waals surface area contributed by atoms with E-state index in [0.29, 0.717) is 0 Å². The Bertz CT molecular complexity index is 364. The molecular weight excluding hydrogens is 215 g/mol. The quantitative estimate of drug-likeness (QED) is 0.555. The highest BCUT2D eigenvalue weighted by atomic mass is 19.4. The fourth-order valence-corrected chi connectivity index (χ4v) is 0.964. The van der Waals surface area contributed by atoms with Gasteiger partial charge in [-0.15, -0.1) is 13.2 Å². The van der Waals surface area contributed by atoms with Crippen LogP contribution in [0.4, 0.5) is 17.6 Å². The van der Waals surface area contributed by atoms with Gasteiger partial charge in [0.05, 0.1) is 7.11 Å². The van der Waals surface area contributed by atoms with Crippen molar-refractivity contribution >= 4 is 13.3 Å². The molecule has 0 heterocycles. The molecule has 0 amide bonds. The van der Waals surface area contributed by atoms with Crippen LogP contribution in [0.3, 0.4) is 0 Å². The Morgan fingerprint density at radius 2 is 1.87 bits per heavy atom. The fourth-order valence-electron chi connectivity index (χ4n) is 0.964. The molecule has 0 bridgehead atoms. The van der Waals surface area contributed by atoms with Gasteiger partial charge in [-0.05, 0) is 6.07 Å². The van der Waals surface area contributed by atoms with E-state index in [1.54, 1.807) is 0 Å². The van der Waals surface area contributed by atoms with Crippen molar-refractivity contribution in [1.29, 1.82) is 0 Å². The molecule has 1 aromatic carbocycles. The van der Waals surface area contributed by atoms with Crippen LogP contribution < -0.4 is 14.9 Å². The van der Waals surface area contributed by atoms with Gasteiger partial charge in [0.2, 0.25) is 5.82 Å². The maximum atomic E-state index is 13.2. The molecule has 0 aromatic heterocycles. The minimum atomic E-state index is -4.96. The average molecular weight is 220 g/mol. The normalized spacial score (nSPS) is 11.3. The Labute approximate surface area is 84.2 Å². The second-order valence-corrected chi connectivity index (χ2v) is 2.55. The summed E-state index contributed by atoms with van der Waals surface area (Å²) < 4.78 is 56.5. The molecule has 0 spiro atoms. The number of hydrogen-bond acceptors (Lipinski definition) is 2. The second kappa shape index (κ2) is 4.00. The van der Waals surface area contributed by atoms with E-state index in [0.717, 1.165) is 19.2 Å². The van der Waals surface area contributed by atoms with E-state index >= 15 is 0 Å². The maximum Gasteiger partial charge on any atom is 0.573 e. The number of halogens is 4. The van der Waals surface area contributed by atoms with Gasteiger partial charge in [0.15, 0.2) is 11.5 Å². The molecule has 0 fully saturated rings. The molecule has 80 valence electrons. The molecule has 1 aromatic rings. The molecule has 15 heavy (non-hydrogen) atoms. The van der Waals surface area contributed by atoms with Crippen LogP contribution in [0.15, 0.2) is 12.1 Å². The Kier molecular flexibility index (Phi) is 3.11. The van der Waals surface area contributed by atoms with Gasteiger partial charge in [-0.1, -0.05) is 11.5 Å². The summed E-state index contributed by atoms with van der Waals surface area (Å²) in [4.78, 5) is 0. The highest BCUT2D eigenvalue weighted by Crippen LogP contribution is 2.29. The van der Waals surface area contributed by atoms with Gasteiger partial charge in [0, 0.05) is 0 Å². The van der Waals surface area contributed by atoms with Crippen molar-refractivity contribution in [3.05, 3.63) is 17.9 Å². The zero-order valence-electron chi connectivity index (χ0n) is 7.56. The summed E-state index contributed by atoms with van der Waals surface area (Å²) in [7, 11) is 6.35. The van der Waals surface area contributed by atoms with E-state index in [1.807, 2.05) is 0 Å². The van der Waals surface area contributed by atoms with E-state index in [4.69, 9.17) is 7.85 Å². The molecule has 2 nitrogen and oxygen atoms in total. The molecule has 0 N–H and O–H groups in total. The molecule has 0 unspecified atom stereocenters. The van der Waals surface area contributed by atoms with Gasteiger partial charge < -0.3 is 9.47 Å². The van der Waals surface area contributed by atoms with E-state index < -0.39 is 23.7 Å². The minimum absolute atomic E-state index is 0.107. The lowest BCUT2D eigenvalue weighted by atomic mass is 9.95. The Balaban J connectivity index is 3.11. The number of hydrogen-bond donors (Lipinski definition) is 0. The lowest BCUT2D eigenvalue weighted by molar-refractivity contribution is -0.275. The molecular formula is C8H5BF4O2. The monoisotopic (exact) mass is 220 g/mol. The molecule has 1 rings (SSSR count). The van der Waals surface area contributed by atoms with Crippen molar-refractivity contribution in [3.8, 4) is 11.5 Å².